The first kappa shape index (κ1) is 19.4. The summed E-state index contributed by atoms with van der Waals surface area (Å²) in [7, 11) is 0. The summed E-state index contributed by atoms with van der Waals surface area (Å²) < 4.78 is 5.36. The molecule has 0 aliphatic heterocycles. The molecule has 1 aliphatic carbocycles. The molecule has 25 heavy (non-hydrogen) atoms. The molecule has 1 amide bonds. The molecule has 3 N–H and O–H groups in total. The second kappa shape index (κ2) is 8.97. The molecule has 1 aliphatic rings. The molecule has 0 spiro atoms. The largest absolute Gasteiger partial charge is 0.341 e. The zero-order valence-corrected chi connectivity index (χ0v) is 15.2. The van der Waals surface area contributed by atoms with Crippen molar-refractivity contribution >= 4 is 18.3 Å². The van der Waals surface area contributed by atoms with Crippen LogP contribution in [0.5, 0.6) is 0 Å². The van der Waals surface area contributed by atoms with Gasteiger partial charge >= 0.3 is 0 Å². The number of nitrogens with one attached hydrogen (secondary N) is 1. The Morgan fingerprint density at radius 2 is 1.96 bits per heavy atom. The highest BCUT2D eigenvalue weighted by atomic mass is 35.5. The van der Waals surface area contributed by atoms with Crippen molar-refractivity contribution < 1.29 is 9.32 Å². The summed E-state index contributed by atoms with van der Waals surface area (Å²) in [5, 5.41) is 7.01. The Hall–Kier alpha value is -1.92. The number of rotatable bonds is 5. The van der Waals surface area contributed by atoms with Crippen LogP contribution in [0, 0.1) is 0 Å². The van der Waals surface area contributed by atoms with E-state index >= 15 is 0 Å². The van der Waals surface area contributed by atoms with Crippen LogP contribution in [0.3, 0.4) is 0 Å². The van der Waals surface area contributed by atoms with Crippen molar-refractivity contribution in [2.24, 2.45) is 5.73 Å². The third kappa shape index (κ3) is 4.80. The number of nitrogens with two attached hydrogens (primary N) is 1. The van der Waals surface area contributed by atoms with E-state index in [2.05, 4.69) is 15.5 Å². The Morgan fingerprint density at radius 1 is 1.28 bits per heavy atom. The smallest absolute Gasteiger partial charge is 0.251 e. The second-order valence-electron chi connectivity index (χ2n) is 6.42. The van der Waals surface area contributed by atoms with Gasteiger partial charge in [-0.25, -0.2) is 0 Å². The van der Waals surface area contributed by atoms with Crippen molar-refractivity contribution in [3.8, 4) is 0 Å². The standard InChI is InChI=1S/C18H24N4O2.ClH/c1-12(20-17(23)15-9-7-13(11-19)8-10-15)18-21-16(22-24-18)14-5-3-2-4-6-14;/h7-10,12,14H,2-6,11,19H2,1H3,(H,20,23);1H. The third-order valence-electron chi connectivity index (χ3n) is 4.60. The highest BCUT2D eigenvalue weighted by Gasteiger charge is 2.23. The van der Waals surface area contributed by atoms with E-state index in [-0.39, 0.29) is 24.4 Å². The molecule has 1 aromatic heterocycles. The molecule has 1 atom stereocenters. The molecule has 1 unspecified atom stereocenters. The number of carbonyl (C=O) groups excluding carboxylic acids is 1. The van der Waals surface area contributed by atoms with Gasteiger partial charge in [-0.15, -0.1) is 12.4 Å². The average molecular weight is 365 g/mol. The van der Waals surface area contributed by atoms with Gasteiger partial charge in [0.1, 0.15) is 6.04 Å². The molecular weight excluding hydrogens is 340 g/mol. The molecule has 1 heterocycles. The highest BCUT2D eigenvalue weighted by Crippen LogP contribution is 2.31. The van der Waals surface area contributed by atoms with Gasteiger partial charge in [0.15, 0.2) is 5.82 Å². The Morgan fingerprint density at radius 3 is 2.60 bits per heavy atom. The molecule has 0 radical (unpaired) electrons. The van der Waals surface area contributed by atoms with Crippen LogP contribution in [0.4, 0.5) is 0 Å². The third-order valence-corrected chi connectivity index (χ3v) is 4.60. The average Bonchev–Trinajstić information content (AvgIpc) is 3.13. The van der Waals surface area contributed by atoms with Crippen molar-refractivity contribution in [1.29, 1.82) is 0 Å². The summed E-state index contributed by atoms with van der Waals surface area (Å²) in [6.07, 6.45) is 5.97. The fourth-order valence-electron chi connectivity index (χ4n) is 3.08. The van der Waals surface area contributed by atoms with Gasteiger partial charge in [0.05, 0.1) is 0 Å². The Labute approximate surface area is 154 Å². The van der Waals surface area contributed by atoms with E-state index in [9.17, 15) is 4.79 Å². The van der Waals surface area contributed by atoms with Crippen LogP contribution >= 0.6 is 12.4 Å². The lowest BCUT2D eigenvalue weighted by Gasteiger charge is -2.17. The molecule has 6 nitrogen and oxygen atoms in total. The first-order chi connectivity index (χ1) is 11.7. The van der Waals surface area contributed by atoms with Gasteiger partial charge in [-0.1, -0.05) is 36.6 Å². The van der Waals surface area contributed by atoms with E-state index in [1.54, 1.807) is 12.1 Å². The first-order valence-electron chi connectivity index (χ1n) is 8.60. The van der Waals surface area contributed by atoms with Gasteiger partial charge in [0.2, 0.25) is 5.89 Å². The molecule has 3 rings (SSSR count). The van der Waals surface area contributed by atoms with E-state index in [0.717, 1.165) is 24.2 Å². The summed E-state index contributed by atoms with van der Waals surface area (Å²) in [4.78, 5) is 16.8. The number of aromatic nitrogens is 2. The van der Waals surface area contributed by atoms with E-state index in [1.807, 2.05) is 19.1 Å². The van der Waals surface area contributed by atoms with Crippen LogP contribution < -0.4 is 11.1 Å². The number of halogens is 1. The Bertz CT molecular complexity index is 681. The minimum Gasteiger partial charge on any atom is -0.341 e. The zero-order chi connectivity index (χ0) is 16.9. The molecular formula is C18H25ClN4O2. The SMILES string of the molecule is CC(NC(=O)c1ccc(CN)cc1)c1nc(C2CCCCC2)no1.Cl. The molecule has 2 aromatic rings. The summed E-state index contributed by atoms with van der Waals surface area (Å²) in [6, 6.07) is 6.93. The van der Waals surface area contributed by atoms with Crippen LogP contribution in [0.2, 0.25) is 0 Å². The van der Waals surface area contributed by atoms with Gasteiger partial charge in [-0.2, -0.15) is 4.98 Å². The van der Waals surface area contributed by atoms with E-state index in [4.69, 9.17) is 10.3 Å². The molecule has 1 saturated carbocycles. The number of hydrogen-bond acceptors (Lipinski definition) is 5. The number of nitrogens with zero attached hydrogens (tertiary/aromatic N) is 2. The lowest BCUT2D eigenvalue weighted by atomic mass is 9.89. The van der Waals surface area contributed by atoms with Crippen molar-refractivity contribution in [3.05, 3.63) is 47.1 Å². The number of hydrogen-bond donors (Lipinski definition) is 2. The summed E-state index contributed by atoms with van der Waals surface area (Å²) in [6.45, 7) is 2.31. The summed E-state index contributed by atoms with van der Waals surface area (Å²) >= 11 is 0. The van der Waals surface area contributed by atoms with Crippen LogP contribution in [0.15, 0.2) is 28.8 Å². The molecule has 0 bridgehead atoms. The molecule has 0 saturated heterocycles. The summed E-state index contributed by atoms with van der Waals surface area (Å²) in [5.74, 6) is 1.46. The minimum absolute atomic E-state index is 0. The van der Waals surface area contributed by atoms with Gasteiger partial charge in [0.25, 0.3) is 5.91 Å². The van der Waals surface area contributed by atoms with Crippen LogP contribution in [0.25, 0.3) is 0 Å². The predicted molar refractivity (Wildman–Crippen MR) is 97.6 cm³/mol. The van der Waals surface area contributed by atoms with E-state index in [0.29, 0.717) is 23.9 Å². The van der Waals surface area contributed by atoms with Crippen molar-refractivity contribution in [3.63, 3.8) is 0 Å². The predicted octanol–water partition coefficient (Wildman–Crippen LogP) is 3.49. The minimum atomic E-state index is -0.323. The number of carbonyl (C=O) groups is 1. The van der Waals surface area contributed by atoms with Crippen LogP contribution in [-0.4, -0.2) is 16.0 Å². The molecule has 7 heteroatoms. The maximum absolute atomic E-state index is 12.3. The quantitative estimate of drug-likeness (QED) is 0.846. The van der Waals surface area contributed by atoms with Gasteiger partial charge in [-0.05, 0) is 37.5 Å². The zero-order valence-electron chi connectivity index (χ0n) is 14.4. The van der Waals surface area contributed by atoms with E-state index in [1.165, 1.54) is 19.3 Å². The lowest BCUT2D eigenvalue weighted by Crippen LogP contribution is -2.27. The second-order valence-corrected chi connectivity index (χ2v) is 6.42. The first-order valence-corrected chi connectivity index (χ1v) is 8.60. The molecule has 1 aromatic carbocycles. The van der Waals surface area contributed by atoms with Gasteiger partial charge in [-0.3, -0.25) is 4.79 Å². The van der Waals surface area contributed by atoms with Crippen molar-refractivity contribution in [2.75, 3.05) is 0 Å². The fourth-order valence-corrected chi connectivity index (χ4v) is 3.08. The number of amides is 1. The lowest BCUT2D eigenvalue weighted by molar-refractivity contribution is 0.0932. The molecule has 1 fully saturated rings. The monoisotopic (exact) mass is 364 g/mol. The summed E-state index contributed by atoms with van der Waals surface area (Å²) in [5.41, 5.74) is 7.15. The van der Waals surface area contributed by atoms with Crippen LogP contribution in [-0.2, 0) is 6.54 Å². The van der Waals surface area contributed by atoms with Crippen molar-refractivity contribution in [2.45, 2.75) is 57.5 Å². The Kier molecular flexibility index (Phi) is 6.96. The topological polar surface area (TPSA) is 94.0 Å². The normalized spacial score (nSPS) is 16.1. The highest BCUT2D eigenvalue weighted by molar-refractivity contribution is 5.94. The van der Waals surface area contributed by atoms with Gasteiger partial charge < -0.3 is 15.6 Å². The van der Waals surface area contributed by atoms with Crippen LogP contribution in [0.1, 0.15) is 78.6 Å². The Balaban J connectivity index is 0.00000225. The molecule has 136 valence electrons. The van der Waals surface area contributed by atoms with Gasteiger partial charge in [0, 0.05) is 18.0 Å². The number of benzene rings is 1. The fraction of sp³-hybridized carbons (Fsp3) is 0.500. The van der Waals surface area contributed by atoms with E-state index < -0.39 is 0 Å². The maximum atomic E-state index is 12.3. The van der Waals surface area contributed by atoms with Crippen molar-refractivity contribution in [1.82, 2.24) is 15.5 Å². The maximum Gasteiger partial charge on any atom is 0.251 e.